The molecule has 0 aliphatic heterocycles. The van der Waals surface area contributed by atoms with Crippen LogP contribution in [0.2, 0.25) is 0 Å². The fraction of sp³-hybridized carbons (Fsp3) is 0.667. The van der Waals surface area contributed by atoms with Gasteiger partial charge < -0.3 is 5.32 Å². The first-order valence-corrected chi connectivity index (χ1v) is 9.04. The van der Waals surface area contributed by atoms with Gasteiger partial charge in [-0.3, -0.25) is 0 Å². The second-order valence-corrected chi connectivity index (χ2v) is 7.73. The molecule has 1 saturated carbocycles. The van der Waals surface area contributed by atoms with E-state index >= 15 is 0 Å². The molecule has 112 valence electrons. The number of nitrogens with one attached hydrogen (secondary N) is 1. The Morgan fingerprint density at radius 3 is 2.60 bits per heavy atom. The summed E-state index contributed by atoms with van der Waals surface area (Å²) in [4.78, 5) is 1.44. The van der Waals surface area contributed by atoms with E-state index in [4.69, 9.17) is 0 Å². The molecule has 2 heteroatoms. The molecule has 0 saturated heterocycles. The van der Waals surface area contributed by atoms with Crippen molar-refractivity contribution in [2.45, 2.75) is 75.6 Å². The Balaban J connectivity index is 1.83. The zero-order valence-electron chi connectivity index (χ0n) is 13.2. The SMILES string of the molecule is CCC1CCCC(Sc2ccc(CNC(C)C)cc2)C1. The Labute approximate surface area is 128 Å². The van der Waals surface area contributed by atoms with Crippen LogP contribution in [0, 0.1) is 5.92 Å². The second kappa shape index (κ2) is 8.09. The normalized spacial score (nSPS) is 23.2. The molecule has 2 unspecified atom stereocenters. The number of hydrogen-bond donors (Lipinski definition) is 1. The minimum absolute atomic E-state index is 0.553. The molecule has 1 aromatic carbocycles. The molecule has 20 heavy (non-hydrogen) atoms. The molecular weight excluding hydrogens is 262 g/mol. The highest BCUT2D eigenvalue weighted by Gasteiger charge is 2.21. The molecule has 0 heterocycles. The van der Waals surface area contributed by atoms with Crippen LogP contribution in [0.5, 0.6) is 0 Å². The lowest BCUT2D eigenvalue weighted by atomic mass is 9.87. The molecule has 1 aliphatic rings. The largest absolute Gasteiger partial charge is 0.310 e. The fourth-order valence-corrected chi connectivity index (χ4v) is 4.25. The molecule has 0 radical (unpaired) electrons. The van der Waals surface area contributed by atoms with E-state index in [2.05, 4.69) is 62.1 Å². The molecule has 0 aromatic heterocycles. The molecule has 1 aliphatic carbocycles. The van der Waals surface area contributed by atoms with Gasteiger partial charge in [0.1, 0.15) is 0 Å². The van der Waals surface area contributed by atoms with E-state index in [0.717, 1.165) is 17.7 Å². The first-order valence-electron chi connectivity index (χ1n) is 8.16. The van der Waals surface area contributed by atoms with E-state index in [-0.39, 0.29) is 0 Å². The van der Waals surface area contributed by atoms with Crippen molar-refractivity contribution >= 4 is 11.8 Å². The molecular formula is C18H29NS. The summed E-state index contributed by atoms with van der Waals surface area (Å²) in [6.07, 6.45) is 7.05. The van der Waals surface area contributed by atoms with Crippen molar-refractivity contribution in [2.24, 2.45) is 5.92 Å². The van der Waals surface area contributed by atoms with E-state index in [9.17, 15) is 0 Å². The van der Waals surface area contributed by atoms with Crippen molar-refractivity contribution in [1.82, 2.24) is 5.32 Å². The van der Waals surface area contributed by atoms with Gasteiger partial charge in [0.05, 0.1) is 0 Å². The van der Waals surface area contributed by atoms with Crippen molar-refractivity contribution in [2.75, 3.05) is 0 Å². The van der Waals surface area contributed by atoms with Crippen LogP contribution in [-0.2, 0) is 6.54 Å². The number of rotatable bonds is 6. The van der Waals surface area contributed by atoms with E-state index in [1.807, 2.05) is 0 Å². The maximum Gasteiger partial charge on any atom is 0.0207 e. The Kier molecular flexibility index (Phi) is 6.44. The average molecular weight is 292 g/mol. The van der Waals surface area contributed by atoms with Gasteiger partial charge in [0, 0.05) is 22.7 Å². The lowest BCUT2D eigenvalue weighted by molar-refractivity contribution is 0.357. The third-order valence-electron chi connectivity index (χ3n) is 4.25. The third kappa shape index (κ3) is 5.14. The van der Waals surface area contributed by atoms with Gasteiger partial charge in [-0.1, -0.05) is 52.2 Å². The summed E-state index contributed by atoms with van der Waals surface area (Å²) in [5.41, 5.74) is 1.39. The van der Waals surface area contributed by atoms with Crippen LogP contribution < -0.4 is 5.32 Å². The highest BCUT2D eigenvalue weighted by Crippen LogP contribution is 2.37. The molecule has 1 fully saturated rings. The molecule has 0 bridgehead atoms. The number of benzene rings is 1. The van der Waals surface area contributed by atoms with E-state index in [0.29, 0.717) is 6.04 Å². The molecule has 0 spiro atoms. The zero-order valence-corrected chi connectivity index (χ0v) is 14.0. The summed E-state index contributed by atoms with van der Waals surface area (Å²) in [5, 5.41) is 4.31. The lowest BCUT2D eigenvalue weighted by Crippen LogP contribution is -2.21. The van der Waals surface area contributed by atoms with Gasteiger partial charge >= 0.3 is 0 Å². The van der Waals surface area contributed by atoms with E-state index in [1.165, 1.54) is 42.6 Å². The van der Waals surface area contributed by atoms with Gasteiger partial charge in [-0.2, -0.15) is 0 Å². The summed E-state index contributed by atoms with van der Waals surface area (Å²) in [7, 11) is 0. The molecule has 1 N–H and O–H groups in total. The first-order chi connectivity index (χ1) is 9.67. The number of hydrogen-bond acceptors (Lipinski definition) is 2. The Hall–Kier alpha value is -0.470. The Morgan fingerprint density at radius 1 is 1.20 bits per heavy atom. The highest BCUT2D eigenvalue weighted by atomic mass is 32.2. The summed E-state index contributed by atoms with van der Waals surface area (Å²) >= 11 is 2.10. The van der Waals surface area contributed by atoms with Crippen LogP contribution in [0.4, 0.5) is 0 Å². The van der Waals surface area contributed by atoms with E-state index < -0.39 is 0 Å². The molecule has 2 atom stereocenters. The van der Waals surface area contributed by atoms with Crippen LogP contribution in [0.15, 0.2) is 29.2 Å². The number of thioether (sulfide) groups is 1. The van der Waals surface area contributed by atoms with Gasteiger partial charge in [0.25, 0.3) is 0 Å². The Morgan fingerprint density at radius 2 is 1.95 bits per heavy atom. The zero-order chi connectivity index (χ0) is 14.4. The first kappa shape index (κ1) is 15.9. The summed E-state index contributed by atoms with van der Waals surface area (Å²) in [6.45, 7) is 7.70. The van der Waals surface area contributed by atoms with Crippen LogP contribution in [0.1, 0.15) is 58.4 Å². The predicted molar refractivity (Wildman–Crippen MR) is 90.3 cm³/mol. The maximum absolute atomic E-state index is 3.47. The molecule has 1 aromatic rings. The fourth-order valence-electron chi connectivity index (χ4n) is 2.92. The molecule has 1 nitrogen and oxygen atoms in total. The molecule has 2 rings (SSSR count). The smallest absolute Gasteiger partial charge is 0.0207 e. The second-order valence-electron chi connectivity index (χ2n) is 6.36. The van der Waals surface area contributed by atoms with Crippen molar-refractivity contribution in [1.29, 1.82) is 0 Å². The quantitative estimate of drug-likeness (QED) is 0.768. The third-order valence-corrected chi connectivity index (χ3v) is 5.56. The van der Waals surface area contributed by atoms with Crippen LogP contribution in [-0.4, -0.2) is 11.3 Å². The minimum Gasteiger partial charge on any atom is -0.310 e. The average Bonchev–Trinajstić information content (AvgIpc) is 2.47. The predicted octanol–water partition coefficient (Wildman–Crippen LogP) is 5.25. The van der Waals surface area contributed by atoms with Gasteiger partial charge in [-0.25, -0.2) is 0 Å². The van der Waals surface area contributed by atoms with Crippen molar-refractivity contribution in [3.05, 3.63) is 29.8 Å². The summed E-state index contributed by atoms with van der Waals surface area (Å²) in [5.74, 6) is 0.968. The van der Waals surface area contributed by atoms with E-state index in [1.54, 1.807) is 0 Å². The van der Waals surface area contributed by atoms with Crippen LogP contribution in [0.25, 0.3) is 0 Å². The lowest BCUT2D eigenvalue weighted by Gasteiger charge is -2.28. The van der Waals surface area contributed by atoms with Gasteiger partial charge in [-0.05, 0) is 36.5 Å². The van der Waals surface area contributed by atoms with Crippen molar-refractivity contribution in [3.8, 4) is 0 Å². The van der Waals surface area contributed by atoms with Crippen LogP contribution in [0.3, 0.4) is 0 Å². The molecule has 0 amide bonds. The maximum atomic E-state index is 3.47. The van der Waals surface area contributed by atoms with Crippen molar-refractivity contribution in [3.63, 3.8) is 0 Å². The topological polar surface area (TPSA) is 12.0 Å². The van der Waals surface area contributed by atoms with Crippen molar-refractivity contribution < 1.29 is 0 Å². The standard InChI is InChI=1S/C18H29NS/c1-4-15-6-5-7-18(12-15)20-17-10-8-16(9-11-17)13-19-14(2)3/h8-11,14-15,18-19H,4-7,12-13H2,1-3H3. The highest BCUT2D eigenvalue weighted by molar-refractivity contribution is 8.00. The Bertz CT molecular complexity index is 385. The van der Waals surface area contributed by atoms with Gasteiger partial charge in [-0.15, -0.1) is 11.8 Å². The van der Waals surface area contributed by atoms with Gasteiger partial charge in [0.2, 0.25) is 0 Å². The summed E-state index contributed by atoms with van der Waals surface area (Å²) < 4.78 is 0. The monoisotopic (exact) mass is 291 g/mol. The van der Waals surface area contributed by atoms with Crippen LogP contribution >= 0.6 is 11.8 Å². The minimum atomic E-state index is 0.553. The summed E-state index contributed by atoms with van der Waals surface area (Å²) in [6, 6.07) is 9.71. The van der Waals surface area contributed by atoms with Gasteiger partial charge in [0.15, 0.2) is 0 Å².